The summed E-state index contributed by atoms with van der Waals surface area (Å²) in [6.45, 7) is 2.30. The third-order valence-electron chi connectivity index (χ3n) is 8.35. The van der Waals surface area contributed by atoms with Crippen LogP contribution in [0.2, 0.25) is 0 Å². The summed E-state index contributed by atoms with van der Waals surface area (Å²) in [5, 5.41) is 5.70. The molecule has 0 fully saturated rings. The molecule has 0 atom stereocenters. The van der Waals surface area contributed by atoms with E-state index in [0.717, 1.165) is 0 Å². The van der Waals surface area contributed by atoms with Crippen LogP contribution in [0.3, 0.4) is 0 Å². The van der Waals surface area contributed by atoms with Gasteiger partial charge in [0.25, 0.3) is 0 Å². The normalized spacial score (nSPS) is 12.2. The topological polar surface area (TPSA) is 0 Å². The predicted molar refractivity (Wildman–Crippen MR) is 186 cm³/mol. The second kappa shape index (κ2) is 12.1. The van der Waals surface area contributed by atoms with Gasteiger partial charge in [0.15, 0.2) is 0 Å². The van der Waals surface area contributed by atoms with Crippen LogP contribution in [0.5, 0.6) is 0 Å². The first-order valence-electron chi connectivity index (χ1n) is 15.1. The predicted octanol–water partition coefficient (Wildman–Crippen LogP) is 12.8. The van der Waals surface area contributed by atoms with Crippen LogP contribution in [0.15, 0.2) is 65.6 Å². The third-order valence-corrected chi connectivity index (χ3v) is 13.8. The second-order valence-electron chi connectivity index (χ2n) is 11.3. The zero-order valence-electron chi connectivity index (χ0n) is 23.3. The second-order valence-corrected chi connectivity index (χ2v) is 16.5. The summed E-state index contributed by atoms with van der Waals surface area (Å²) in [5.41, 5.74) is 2.84. The molecule has 40 heavy (non-hydrogen) atoms. The molecule has 0 amide bonds. The van der Waals surface area contributed by atoms with Crippen LogP contribution < -0.4 is 0 Å². The van der Waals surface area contributed by atoms with Crippen molar-refractivity contribution < 1.29 is 0 Å². The number of hydrogen-bond donors (Lipinski definition) is 0. The maximum atomic E-state index is 2.45. The average Bonchev–Trinajstić information content (AvgIpc) is 3.74. The van der Waals surface area contributed by atoms with Gasteiger partial charge in [0, 0.05) is 0 Å². The Morgan fingerprint density at radius 3 is 1.95 bits per heavy atom. The van der Waals surface area contributed by atoms with Crippen molar-refractivity contribution in [1.29, 1.82) is 0 Å². The van der Waals surface area contributed by atoms with E-state index in [1.807, 2.05) is 34.0 Å². The Kier molecular flexibility index (Phi) is 8.16. The van der Waals surface area contributed by atoms with Crippen molar-refractivity contribution in [3.8, 4) is 10.4 Å². The van der Waals surface area contributed by atoms with Crippen LogP contribution in [-0.2, 0) is 6.42 Å². The maximum absolute atomic E-state index is 2.45. The van der Waals surface area contributed by atoms with Gasteiger partial charge in [-0.25, -0.2) is 0 Å². The Morgan fingerprint density at radius 2 is 1.23 bits per heavy atom. The molecule has 4 heterocycles. The van der Waals surface area contributed by atoms with Gasteiger partial charge in [-0.15, -0.1) is 0 Å². The van der Waals surface area contributed by atoms with E-state index in [1.165, 1.54) is 136 Å². The molecule has 7 rings (SSSR count). The number of hydrogen-bond acceptors (Lipinski definition) is 3. The van der Waals surface area contributed by atoms with Crippen molar-refractivity contribution >= 4 is 97.8 Å². The summed E-state index contributed by atoms with van der Waals surface area (Å²) in [6.07, 6.45) is 15.2. The molecule has 0 saturated carbocycles. The van der Waals surface area contributed by atoms with Crippen molar-refractivity contribution in [2.24, 2.45) is 0 Å². The fraction of sp³-hybridized carbons (Fsp3) is 0.333. The Labute approximate surface area is 255 Å². The molecule has 0 aliphatic rings. The van der Waals surface area contributed by atoms with Crippen molar-refractivity contribution in [2.75, 3.05) is 0 Å². The van der Waals surface area contributed by atoms with Crippen LogP contribution >= 0.6 is 34.0 Å². The molecular weight excluding hydrogens is 608 g/mol. The molecule has 204 valence electrons. The van der Waals surface area contributed by atoms with E-state index in [9.17, 15) is 0 Å². The van der Waals surface area contributed by atoms with Gasteiger partial charge in [-0.1, -0.05) is 76.8 Å². The van der Waals surface area contributed by atoms with Crippen LogP contribution in [0.4, 0.5) is 0 Å². The quantitative estimate of drug-likeness (QED) is 0.0918. The summed E-state index contributed by atoms with van der Waals surface area (Å²) >= 11 is 6.42. The number of aryl methyl sites for hydroxylation is 1. The van der Waals surface area contributed by atoms with E-state index in [1.54, 1.807) is 0 Å². The SMILES string of the molecule is CCCCCCCCCCCCc1ccc(-c2cc3cc4c(cc3s2)sc2c3cc5cc[se]c5cc3sc42)cc1. The number of fused-ring (bicyclic) bond motifs is 7. The van der Waals surface area contributed by atoms with Crippen molar-refractivity contribution in [2.45, 2.75) is 77.6 Å². The van der Waals surface area contributed by atoms with Crippen LogP contribution in [-0.4, -0.2) is 14.5 Å². The van der Waals surface area contributed by atoms with Gasteiger partial charge in [-0.05, 0) is 18.4 Å². The van der Waals surface area contributed by atoms with Crippen LogP contribution in [0, 0.1) is 0 Å². The average molecular weight is 644 g/mol. The van der Waals surface area contributed by atoms with E-state index < -0.39 is 0 Å². The van der Waals surface area contributed by atoms with Gasteiger partial charge < -0.3 is 0 Å². The number of thiophene rings is 3. The van der Waals surface area contributed by atoms with E-state index >= 15 is 0 Å². The Morgan fingerprint density at radius 1 is 0.575 bits per heavy atom. The van der Waals surface area contributed by atoms with Crippen molar-refractivity contribution in [3.05, 3.63) is 71.2 Å². The smallest absolute Gasteiger partial charge is 0.0584 e. The molecule has 0 bridgehead atoms. The number of rotatable bonds is 12. The molecule has 0 nitrogen and oxygen atoms in total. The Hall–Kier alpha value is -1.94. The molecule has 0 unspecified atom stereocenters. The van der Waals surface area contributed by atoms with Gasteiger partial charge in [0.1, 0.15) is 0 Å². The fourth-order valence-corrected chi connectivity index (χ4v) is 11.8. The monoisotopic (exact) mass is 644 g/mol. The zero-order valence-corrected chi connectivity index (χ0v) is 27.4. The molecule has 7 aromatic rings. The molecule has 3 aromatic carbocycles. The zero-order chi connectivity index (χ0) is 26.9. The molecule has 4 heteroatoms. The van der Waals surface area contributed by atoms with Crippen LogP contribution in [0.25, 0.3) is 59.7 Å². The summed E-state index contributed by atoms with van der Waals surface area (Å²) in [5.74, 6) is 0. The molecule has 0 radical (unpaired) electrons. The fourth-order valence-electron chi connectivity index (χ4n) is 6.04. The van der Waals surface area contributed by atoms with E-state index in [-0.39, 0.29) is 0 Å². The van der Waals surface area contributed by atoms with Gasteiger partial charge in [0.2, 0.25) is 0 Å². The summed E-state index contributed by atoms with van der Waals surface area (Å²) in [6, 6.07) is 23.9. The Bertz CT molecular complexity index is 1890. The summed E-state index contributed by atoms with van der Waals surface area (Å²) in [7, 11) is 0. The minimum Gasteiger partial charge on any atom is -0.0584 e. The third kappa shape index (κ3) is 5.46. The molecule has 0 spiro atoms. The first kappa shape index (κ1) is 26.9. The van der Waals surface area contributed by atoms with Gasteiger partial charge in [-0.2, -0.15) is 0 Å². The molecule has 0 aliphatic carbocycles. The minimum atomic E-state index is 0.507. The van der Waals surface area contributed by atoms with E-state index in [2.05, 4.69) is 72.5 Å². The summed E-state index contributed by atoms with van der Waals surface area (Å²) in [4.78, 5) is 3.73. The van der Waals surface area contributed by atoms with Crippen molar-refractivity contribution in [1.82, 2.24) is 0 Å². The first-order chi connectivity index (χ1) is 19.8. The van der Waals surface area contributed by atoms with Crippen LogP contribution in [0.1, 0.15) is 76.7 Å². The Balaban J connectivity index is 1.02. The van der Waals surface area contributed by atoms with Crippen molar-refractivity contribution in [3.63, 3.8) is 0 Å². The van der Waals surface area contributed by atoms with Gasteiger partial charge in [-0.3, -0.25) is 0 Å². The molecular formula is C36H36S3Se. The van der Waals surface area contributed by atoms with Gasteiger partial charge in [0.05, 0.1) is 0 Å². The first-order valence-corrected chi connectivity index (χ1v) is 19.4. The van der Waals surface area contributed by atoms with E-state index in [4.69, 9.17) is 0 Å². The van der Waals surface area contributed by atoms with E-state index in [0.29, 0.717) is 14.5 Å². The standard InChI is InChI=1S/C36H36S3Se/c1-2-3-4-5-6-7-8-9-10-11-12-24-13-15-25(16-14-24)30-21-27-20-29-32(22-31(27)37-30)38-35-28-19-26-17-18-40-34(26)23-33(28)39-36(29)35/h13-23H,2-12H2,1H3. The number of benzene rings is 3. The molecule has 4 aromatic heterocycles. The number of unbranched alkanes of at least 4 members (excludes halogenated alkanes) is 9. The summed E-state index contributed by atoms with van der Waals surface area (Å²) < 4.78 is 8.77. The van der Waals surface area contributed by atoms with Gasteiger partial charge >= 0.3 is 162 Å². The molecule has 0 N–H and O–H groups in total. The minimum absolute atomic E-state index is 0.507. The molecule has 0 saturated heterocycles. The molecule has 0 aliphatic heterocycles.